The highest BCUT2D eigenvalue weighted by Gasteiger charge is 2.15. The van der Waals surface area contributed by atoms with Gasteiger partial charge in [-0.15, -0.1) is 0 Å². The second kappa shape index (κ2) is 11.2. The van der Waals surface area contributed by atoms with E-state index in [9.17, 15) is 5.11 Å². The first-order valence-electron chi connectivity index (χ1n) is 11.0. The monoisotopic (exact) mass is 441 g/mol. The van der Waals surface area contributed by atoms with Crippen LogP contribution in [0.5, 0.6) is 17.5 Å². The maximum absolute atomic E-state index is 9.94. The van der Waals surface area contributed by atoms with Gasteiger partial charge in [0.15, 0.2) is 0 Å². The predicted molar refractivity (Wildman–Crippen MR) is 128 cm³/mol. The van der Waals surface area contributed by atoms with Crippen molar-refractivity contribution in [2.45, 2.75) is 26.7 Å². The van der Waals surface area contributed by atoms with Crippen LogP contribution in [0.3, 0.4) is 0 Å². The maximum Gasteiger partial charge on any atom is 0.225 e. The van der Waals surface area contributed by atoms with E-state index in [1.807, 2.05) is 97.9 Å². The predicted octanol–water partition coefficient (Wildman–Crippen LogP) is 5.80. The van der Waals surface area contributed by atoms with Crippen LogP contribution in [0.1, 0.15) is 23.6 Å². The van der Waals surface area contributed by atoms with Crippen molar-refractivity contribution in [1.29, 1.82) is 0 Å². The van der Waals surface area contributed by atoms with E-state index in [1.165, 1.54) is 0 Å². The fourth-order valence-electron chi connectivity index (χ4n) is 3.48. The first-order valence-corrected chi connectivity index (χ1v) is 11.0. The van der Waals surface area contributed by atoms with Crippen molar-refractivity contribution in [3.63, 3.8) is 0 Å². The van der Waals surface area contributed by atoms with Crippen LogP contribution in [-0.2, 0) is 19.8 Å². The van der Waals surface area contributed by atoms with Gasteiger partial charge in [0.05, 0.1) is 13.2 Å². The minimum absolute atomic E-state index is 0.105. The van der Waals surface area contributed by atoms with Gasteiger partial charge in [0.2, 0.25) is 11.8 Å². The van der Waals surface area contributed by atoms with E-state index in [-0.39, 0.29) is 6.61 Å². The molecule has 4 aromatic rings. The number of hydrogen-bond acceptors (Lipinski definition) is 5. The van der Waals surface area contributed by atoms with Crippen LogP contribution in [0.25, 0.3) is 11.1 Å². The summed E-state index contributed by atoms with van der Waals surface area (Å²) < 4.78 is 17.8. The number of nitrogens with zero attached hydrogens (tertiary/aromatic N) is 1. The van der Waals surface area contributed by atoms with Crippen LogP contribution < -0.4 is 14.2 Å². The van der Waals surface area contributed by atoms with Gasteiger partial charge in [-0.05, 0) is 47.4 Å². The van der Waals surface area contributed by atoms with E-state index in [4.69, 9.17) is 14.2 Å². The van der Waals surface area contributed by atoms with Gasteiger partial charge in [0, 0.05) is 11.6 Å². The Labute approximate surface area is 194 Å². The summed E-state index contributed by atoms with van der Waals surface area (Å²) >= 11 is 0. The molecule has 0 unspecified atom stereocenters. The number of hydrogen-bond donors (Lipinski definition) is 1. The average molecular weight is 442 g/mol. The molecule has 4 rings (SSSR count). The maximum atomic E-state index is 9.94. The molecule has 0 saturated carbocycles. The van der Waals surface area contributed by atoms with Gasteiger partial charge >= 0.3 is 0 Å². The zero-order chi connectivity index (χ0) is 22.9. The number of aliphatic hydroxyl groups is 1. The second-order valence-corrected chi connectivity index (χ2v) is 7.46. The number of benzene rings is 3. The number of aromatic nitrogens is 1. The SMILES string of the molecule is CCOc1ccc(CO)c(-c2ccc(OCc3ccccc3)nc2OCc2ccccc2)c1. The first kappa shape index (κ1) is 22.4. The lowest BCUT2D eigenvalue weighted by atomic mass is 10.0. The standard InChI is InChI=1S/C28H27NO4/c1-2-31-24-14-13-23(18-30)26(17-24)25-15-16-27(32-19-21-9-5-3-6-10-21)29-28(25)33-20-22-11-7-4-8-12-22/h3-17,30H,2,18-20H2,1H3. The Balaban J connectivity index is 1.67. The summed E-state index contributed by atoms with van der Waals surface area (Å²) in [4.78, 5) is 4.66. The fraction of sp³-hybridized carbons (Fsp3) is 0.179. The molecular formula is C28H27NO4. The van der Waals surface area contributed by atoms with Gasteiger partial charge in [-0.1, -0.05) is 66.7 Å². The van der Waals surface area contributed by atoms with E-state index in [0.717, 1.165) is 33.6 Å². The highest BCUT2D eigenvalue weighted by Crippen LogP contribution is 2.36. The molecule has 0 spiro atoms. The molecule has 168 valence electrons. The van der Waals surface area contributed by atoms with Gasteiger partial charge < -0.3 is 19.3 Å². The molecule has 0 radical (unpaired) electrons. The molecule has 0 aliphatic carbocycles. The summed E-state index contributed by atoms with van der Waals surface area (Å²) in [6.07, 6.45) is 0. The topological polar surface area (TPSA) is 60.8 Å². The van der Waals surface area contributed by atoms with Crippen molar-refractivity contribution in [3.8, 4) is 28.6 Å². The molecule has 1 heterocycles. The average Bonchev–Trinajstić information content (AvgIpc) is 2.88. The molecule has 5 nitrogen and oxygen atoms in total. The Hall–Kier alpha value is -3.83. The molecule has 33 heavy (non-hydrogen) atoms. The Morgan fingerprint density at radius 3 is 2.00 bits per heavy atom. The van der Waals surface area contributed by atoms with Crippen molar-refractivity contribution in [3.05, 3.63) is 108 Å². The van der Waals surface area contributed by atoms with Crippen molar-refractivity contribution in [1.82, 2.24) is 4.98 Å². The lowest BCUT2D eigenvalue weighted by Crippen LogP contribution is -2.03. The molecule has 0 aliphatic heterocycles. The highest BCUT2D eigenvalue weighted by molar-refractivity contribution is 5.73. The summed E-state index contributed by atoms with van der Waals surface area (Å²) in [6, 6.07) is 29.2. The Kier molecular flexibility index (Phi) is 7.56. The molecule has 1 N–H and O–H groups in total. The quantitative estimate of drug-likeness (QED) is 0.337. The third kappa shape index (κ3) is 5.90. The van der Waals surface area contributed by atoms with Gasteiger partial charge in [0.1, 0.15) is 19.0 Å². The van der Waals surface area contributed by atoms with Crippen LogP contribution in [0.2, 0.25) is 0 Å². The third-order valence-corrected chi connectivity index (χ3v) is 5.14. The van der Waals surface area contributed by atoms with E-state index in [2.05, 4.69) is 4.98 Å². The minimum Gasteiger partial charge on any atom is -0.494 e. The van der Waals surface area contributed by atoms with Crippen LogP contribution in [0.4, 0.5) is 0 Å². The smallest absolute Gasteiger partial charge is 0.225 e. The Bertz CT molecular complexity index is 1160. The lowest BCUT2D eigenvalue weighted by molar-refractivity contribution is 0.268. The number of rotatable bonds is 10. The zero-order valence-corrected chi connectivity index (χ0v) is 18.6. The van der Waals surface area contributed by atoms with Crippen molar-refractivity contribution in [2.24, 2.45) is 0 Å². The zero-order valence-electron chi connectivity index (χ0n) is 18.6. The molecule has 0 atom stereocenters. The third-order valence-electron chi connectivity index (χ3n) is 5.14. The molecule has 3 aromatic carbocycles. The van der Waals surface area contributed by atoms with Crippen LogP contribution in [0.15, 0.2) is 91.0 Å². The van der Waals surface area contributed by atoms with Crippen LogP contribution >= 0.6 is 0 Å². The number of aliphatic hydroxyl groups excluding tert-OH is 1. The second-order valence-electron chi connectivity index (χ2n) is 7.46. The molecule has 0 amide bonds. The molecule has 1 aromatic heterocycles. The van der Waals surface area contributed by atoms with Crippen LogP contribution in [0, 0.1) is 0 Å². The van der Waals surface area contributed by atoms with Gasteiger partial charge in [-0.25, -0.2) is 0 Å². The molecule has 0 aliphatic rings. The number of ether oxygens (including phenoxy) is 3. The summed E-state index contributed by atoms with van der Waals surface area (Å²) in [5.74, 6) is 1.63. The van der Waals surface area contributed by atoms with Gasteiger partial charge in [-0.2, -0.15) is 4.98 Å². The van der Waals surface area contributed by atoms with Gasteiger partial charge in [-0.3, -0.25) is 0 Å². The first-order chi connectivity index (χ1) is 16.3. The summed E-state index contributed by atoms with van der Waals surface area (Å²) in [5.41, 5.74) is 4.44. The largest absolute Gasteiger partial charge is 0.494 e. The molecule has 0 bridgehead atoms. The van der Waals surface area contributed by atoms with E-state index in [1.54, 1.807) is 0 Å². The highest BCUT2D eigenvalue weighted by atomic mass is 16.5. The minimum atomic E-state index is -0.105. The van der Waals surface area contributed by atoms with E-state index in [0.29, 0.717) is 31.6 Å². The normalized spacial score (nSPS) is 10.6. The lowest BCUT2D eigenvalue weighted by Gasteiger charge is -2.16. The molecule has 0 saturated heterocycles. The van der Waals surface area contributed by atoms with E-state index >= 15 is 0 Å². The van der Waals surface area contributed by atoms with E-state index < -0.39 is 0 Å². The summed E-state index contributed by atoms with van der Waals surface area (Å²) in [6.45, 7) is 3.16. The summed E-state index contributed by atoms with van der Waals surface area (Å²) in [5, 5.41) is 9.94. The fourth-order valence-corrected chi connectivity index (χ4v) is 3.48. The summed E-state index contributed by atoms with van der Waals surface area (Å²) in [7, 11) is 0. The molecule has 0 fully saturated rings. The van der Waals surface area contributed by atoms with Crippen molar-refractivity contribution >= 4 is 0 Å². The Morgan fingerprint density at radius 2 is 1.36 bits per heavy atom. The van der Waals surface area contributed by atoms with Crippen LogP contribution in [-0.4, -0.2) is 16.7 Å². The Morgan fingerprint density at radius 1 is 0.697 bits per heavy atom. The van der Waals surface area contributed by atoms with Gasteiger partial charge in [0.25, 0.3) is 0 Å². The molecular weight excluding hydrogens is 414 g/mol. The van der Waals surface area contributed by atoms with Crippen molar-refractivity contribution in [2.75, 3.05) is 6.61 Å². The van der Waals surface area contributed by atoms with Crippen molar-refractivity contribution < 1.29 is 19.3 Å². The molecule has 5 heteroatoms. The number of pyridine rings is 1.